The summed E-state index contributed by atoms with van der Waals surface area (Å²) in [6, 6.07) is 7.64. The first-order chi connectivity index (χ1) is 8.03. The first kappa shape index (κ1) is 12.9. The topological polar surface area (TPSA) is 37.4 Å². The number of rotatable bonds is 4. The molecule has 0 atom stereocenters. The normalized spacial score (nSPS) is 17.5. The number of likely N-dealkylation sites (tertiary alicyclic amines) is 1. The standard InChI is InChI=1S/C12H16ClNO2S/c13-17(15,16)10-12-5-3-11(4-6-12)9-14-7-1-2-8-14/h3-6H,1-2,7-10H2. The Hall–Kier alpha value is -0.580. The van der Waals surface area contributed by atoms with E-state index in [0.717, 1.165) is 25.2 Å². The molecule has 1 heterocycles. The average molecular weight is 274 g/mol. The summed E-state index contributed by atoms with van der Waals surface area (Å²) < 4.78 is 21.8. The molecule has 0 unspecified atom stereocenters. The van der Waals surface area contributed by atoms with Gasteiger partial charge in [0.05, 0.1) is 5.75 Å². The highest BCUT2D eigenvalue weighted by atomic mass is 35.7. The van der Waals surface area contributed by atoms with Gasteiger partial charge in [0, 0.05) is 17.2 Å². The molecule has 0 amide bonds. The number of nitrogens with zero attached hydrogens (tertiary/aromatic N) is 1. The van der Waals surface area contributed by atoms with Gasteiger partial charge in [-0.1, -0.05) is 24.3 Å². The van der Waals surface area contributed by atoms with E-state index in [0.29, 0.717) is 0 Å². The first-order valence-electron chi connectivity index (χ1n) is 5.75. The van der Waals surface area contributed by atoms with Crippen LogP contribution in [0.1, 0.15) is 24.0 Å². The lowest BCUT2D eigenvalue weighted by Crippen LogP contribution is -2.18. The lowest BCUT2D eigenvalue weighted by Gasteiger charge is -2.14. The zero-order chi connectivity index (χ0) is 12.3. The largest absolute Gasteiger partial charge is 0.299 e. The lowest BCUT2D eigenvalue weighted by atomic mass is 10.1. The quantitative estimate of drug-likeness (QED) is 0.791. The van der Waals surface area contributed by atoms with Crippen molar-refractivity contribution in [1.82, 2.24) is 4.90 Å². The summed E-state index contributed by atoms with van der Waals surface area (Å²) in [6.07, 6.45) is 2.56. The fourth-order valence-electron chi connectivity index (χ4n) is 2.14. The molecule has 1 fully saturated rings. The zero-order valence-electron chi connectivity index (χ0n) is 9.60. The summed E-state index contributed by atoms with van der Waals surface area (Å²) in [7, 11) is 1.76. The summed E-state index contributed by atoms with van der Waals surface area (Å²) in [5.41, 5.74) is 1.97. The fraction of sp³-hybridized carbons (Fsp3) is 0.500. The van der Waals surface area contributed by atoms with Crippen molar-refractivity contribution >= 4 is 19.7 Å². The van der Waals surface area contributed by atoms with E-state index in [1.165, 1.54) is 18.4 Å². The number of halogens is 1. The molecule has 0 radical (unpaired) electrons. The SMILES string of the molecule is O=S(=O)(Cl)Cc1ccc(CN2CCCC2)cc1. The van der Waals surface area contributed by atoms with Crippen LogP contribution >= 0.6 is 10.7 Å². The lowest BCUT2D eigenvalue weighted by molar-refractivity contribution is 0.331. The molecule has 0 spiro atoms. The highest BCUT2D eigenvalue weighted by Crippen LogP contribution is 2.15. The molecule has 94 valence electrons. The minimum atomic E-state index is -3.45. The molecule has 2 rings (SSSR count). The van der Waals surface area contributed by atoms with Gasteiger partial charge in [-0.3, -0.25) is 4.90 Å². The predicted molar refractivity (Wildman–Crippen MR) is 69.4 cm³/mol. The Kier molecular flexibility index (Phi) is 4.07. The van der Waals surface area contributed by atoms with Gasteiger partial charge in [0.25, 0.3) is 0 Å². The Morgan fingerprint density at radius 3 is 2.12 bits per heavy atom. The third-order valence-corrected chi connectivity index (χ3v) is 3.97. The number of benzene rings is 1. The van der Waals surface area contributed by atoms with Crippen molar-refractivity contribution in [3.8, 4) is 0 Å². The van der Waals surface area contributed by atoms with Gasteiger partial charge >= 0.3 is 0 Å². The smallest absolute Gasteiger partial charge is 0.236 e. The van der Waals surface area contributed by atoms with Gasteiger partial charge in [-0.2, -0.15) is 0 Å². The molecule has 0 aliphatic carbocycles. The molecule has 1 aromatic rings. The minimum absolute atomic E-state index is 0.0987. The highest BCUT2D eigenvalue weighted by Gasteiger charge is 2.12. The van der Waals surface area contributed by atoms with E-state index in [2.05, 4.69) is 4.90 Å². The van der Waals surface area contributed by atoms with Crippen LogP contribution in [0.4, 0.5) is 0 Å². The fourth-order valence-corrected chi connectivity index (χ4v) is 3.11. The van der Waals surface area contributed by atoms with Gasteiger partial charge in [-0.25, -0.2) is 8.42 Å². The van der Waals surface area contributed by atoms with Crippen molar-refractivity contribution in [2.75, 3.05) is 13.1 Å². The molecule has 5 heteroatoms. The third-order valence-electron chi connectivity index (χ3n) is 2.97. The van der Waals surface area contributed by atoms with Gasteiger partial charge in [0.15, 0.2) is 0 Å². The van der Waals surface area contributed by atoms with Crippen LogP contribution in [0.3, 0.4) is 0 Å². The van der Waals surface area contributed by atoms with Crippen LogP contribution < -0.4 is 0 Å². The van der Waals surface area contributed by atoms with Crippen molar-refractivity contribution < 1.29 is 8.42 Å². The van der Waals surface area contributed by atoms with E-state index >= 15 is 0 Å². The van der Waals surface area contributed by atoms with Crippen molar-refractivity contribution in [3.05, 3.63) is 35.4 Å². The third kappa shape index (κ3) is 4.30. The second-order valence-electron chi connectivity index (χ2n) is 4.48. The molecule has 1 aliphatic rings. The maximum atomic E-state index is 10.9. The molecule has 1 aliphatic heterocycles. The molecule has 3 nitrogen and oxygen atoms in total. The zero-order valence-corrected chi connectivity index (χ0v) is 11.2. The van der Waals surface area contributed by atoms with E-state index < -0.39 is 9.05 Å². The molecule has 0 aromatic heterocycles. The minimum Gasteiger partial charge on any atom is -0.299 e. The maximum Gasteiger partial charge on any atom is 0.236 e. The first-order valence-corrected chi connectivity index (χ1v) is 8.23. The van der Waals surface area contributed by atoms with Crippen LogP contribution in [0.2, 0.25) is 0 Å². The van der Waals surface area contributed by atoms with Crippen LogP contribution in [0.15, 0.2) is 24.3 Å². The highest BCUT2D eigenvalue weighted by molar-refractivity contribution is 8.13. The molecule has 1 aromatic carbocycles. The Morgan fingerprint density at radius 1 is 1.06 bits per heavy atom. The molecule has 0 bridgehead atoms. The van der Waals surface area contributed by atoms with Gasteiger partial charge in [-0.05, 0) is 37.1 Å². The monoisotopic (exact) mass is 273 g/mol. The molecular weight excluding hydrogens is 258 g/mol. The molecular formula is C12H16ClNO2S. The summed E-state index contributed by atoms with van der Waals surface area (Å²) in [4.78, 5) is 2.41. The predicted octanol–water partition coefficient (Wildman–Crippen LogP) is 2.35. The molecule has 17 heavy (non-hydrogen) atoms. The van der Waals surface area contributed by atoms with Crippen molar-refractivity contribution in [2.45, 2.75) is 25.1 Å². The second-order valence-corrected chi connectivity index (χ2v) is 7.26. The van der Waals surface area contributed by atoms with E-state index in [-0.39, 0.29) is 5.75 Å². The van der Waals surface area contributed by atoms with Crippen molar-refractivity contribution in [1.29, 1.82) is 0 Å². The summed E-state index contributed by atoms with van der Waals surface area (Å²) in [5.74, 6) is -0.0987. The average Bonchev–Trinajstić information content (AvgIpc) is 2.71. The van der Waals surface area contributed by atoms with Crippen LogP contribution in [0.25, 0.3) is 0 Å². The Morgan fingerprint density at radius 2 is 1.59 bits per heavy atom. The van der Waals surface area contributed by atoms with E-state index in [1.54, 1.807) is 0 Å². The van der Waals surface area contributed by atoms with E-state index in [1.807, 2.05) is 24.3 Å². The van der Waals surface area contributed by atoms with E-state index in [4.69, 9.17) is 10.7 Å². The van der Waals surface area contributed by atoms with E-state index in [9.17, 15) is 8.42 Å². The second kappa shape index (κ2) is 5.38. The van der Waals surface area contributed by atoms with Crippen molar-refractivity contribution in [2.24, 2.45) is 0 Å². The van der Waals surface area contributed by atoms with Crippen LogP contribution in [-0.2, 0) is 21.3 Å². The van der Waals surface area contributed by atoms with Gasteiger partial charge in [-0.15, -0.1) is 0 Å². The molecule has 1 saturated heterocycles. The van der Waals surface area contributed by atoms with Crippen molar-refractivity contribution in [3.63, 3.8) is 0 Å². The van der Waals surface area contributed by atoms with Crippen LogP contribution in [0, 0.1) is 0 Å². The maximum absolute atomic E-state index is 10.9. The van der Waals surface area contributed by atoms with Crippen LogP contribution in [0.5, 0.6) is 0 Å². The Balaban J connectivity index is 1.97. The number of hydrogen-bond donors (Lipinski definition) is 0. The summed E-state index contributed by atoms with van der Waals surface area (Å²) in [5, 5.41) is 0. The molecule has 0 saturated carbocycles. The Labute approximate surface area is 107 Å². The summed E-state index contributed by atoms with van der Waals surface area (Å²) >= 11 is 0. The number of hydrogen-bond acceptors (Lipinski definition) is 3. The van der Waals surface area contributed by atoms with Crippen LogP contribution in [-0.4, -0.2) is 26.4 Å². The summed E-state index contributed by atoms with van der Waals surface area (Å²) in [6.45, 7) is 3.28. The Bertz CT molecular complexity index is 464. The van der Waals surface area contributed by atoms with Gasteiger partial charge < -0.3 is 0 Å². The van der Waals surface area contributed by atoms with Gasteiger partial charge in [0.2, 0.25) is 9.05 Å². The van der Waals surface area contributed by atoms with Gasteiger partial charge in [0.1, 0.15) is 0 Å². The molecule has 0 N–H and O–H groups in total.